The monoisotopic (exact) mass is 320 g/mol. The summed E-state index contributed by atoms with van der Waals surface area (Å²) in [6.07, 6.45) is 0. The number of pyridine rings is 1. The highest BCUT2D eigenvalue weighted by Gasteiger charge is 2.24. The van der Waals surface area contributed by atoms with Gasteiger partial charge < -0.3 is 10.7 Å². The van der Waals surface area contributed by atoms with Gasteiger partial charge >= 0.3 is 0 Å². The maximum Gasteiger partial charge on any atom is 0.252 e. The van der Waals surface area contributed by atoms with Crippen LogP contribution in [0.25, 0.3) is 22.0 Å². The van der Waals surface area contributed by atoms with E-state index in [0.717, 1.165) is 22.0 Å². The van der Waals surface area contributed by atoms with Crippen molar-refractivity contribution in [1.29, 1.82) is 0 Å². The lowest BCUT2D eigenvalue weighted by atomic mass is 9.88. The molecule has 1 atom stereocenters. The molecule has 4 heteroatoms. The zero-order valence-corrected chi connectivity index (χ0v) is 13.7. The molecule has 0 bridgehead atoms. The van der Waals surface area contributed by atoms with Crippen LogP contribution in [-0.2, 0) is 4.79 Å². The van der Waals surface area contributed by atoms with Gasteiger partial charge in [-0.3, -0.25) is 9.59 Å². The predicted octanol–water partition coefficient (Wildman–Crippen LogP) is 3.42. The molecule has 1 heterocycles. The van der Waals surface area contributed by atoms with E-state index >= 15 is 0 Å². The first-order chi connectivity index (χ1) is 11.5. The van der Waals surface area contributed by atoms with Crippen LogP contribution in [0.4, 0.5) is 0 Å². The van der Waals surface area contributed by atoms with E-state index in [1.54, 1.807) is 6.07 Å². The highest BCUT2D eigenvalue weighted by molar-refractivity contribution is 5.87. The van der Waals surface area contributed by atoms with E-state index in [-0.39, 0.29) is 11.5 Å². The first kappa shape index (κ1) is 16.0. The second-order valence-corrected chi connectivity index (χ2v) is 6.34. The molecule has 0 fully saturated rings. The lowest BCUT2D eigenvalue weighted by Gasteiger charge is -2.17. The summed E-state index contributed by atoms with van der Waals surface area (Å²) < 4.78 is 0. The fourth-order valence-corrected chi connectivity index (χ4v) is 3.10. The third kappa shape index (κ3) is 2.95. The molecule has 3 aromatic rings. The first-order valence-corrected chi connectivity index (χ1v) is 7.99. The molecule has 1 aromatic heterocycles. The number of H-pyrrole nitrogens is 1. The second-order valence-electron chi connectivity index (χ2n) is 6.34. The number of carbonyl (C=O) groups is 1. The van der Waals surface area contributed by atoms with Crippen LogP contribution in [0, 0.1) is 5.92 Å². The Balaban J connectivity index is 2.05. The van der Waals surface area contributed by atoms with Crippen molar-refractivity contribution in [1.82, 2.24) is 4.98 Å². The molecule has 24 heavy (non-hydrogen) atoms. The van der Waals surface area contributed by atoms with Crippen molar-refractivity contribution in [3.05, 3.63) is 70.5 Å². The third-order valence-electron chi connectivity index (χ3n) is 4.31. The van der Waals surface area contributed by atoms with Gasteiger partial charge in [0.15, 0.2) is 0 Å². The molecule has 122 valence electrons. The van der Waals surface area contributed by atoms with Crippen molar-refractivity contribution < 1.29 is 4.79 Å². The molecule has 0 saturated carbocycles. The maximum absolute atomic E-state index is 12.5. The van der Waals surface area contributed by atoms with E-state index < -0.39 is 11.8 Å². The summed E-state index contributed by atoms with van der Waals surface area (Å²) in [6, 6.07) is 17.6. The summed E-state index contributed by atoms with van der Waals surface area (Å²) in [6.45, 7) is 3.76. The molecule has 4 nitrogen and oxygen atoms in total. The van der Waals surface area contributed by atoms with Gasteiger partial charge in [-0.05, 0) is 34.4 Å². The number of primary amides is 1. The van der Waals surface area contributed by atoms with E-state index in [1.807, 2.05) is 62.4 Å². The number of fused-ring (bicyclic) bond motifs is 1. The summed E-state index contributed by atoms with van der Waals surface area (Å²) in [5.74, 6) is -1.09. The van der Waals surface area contributed by atoms with Gasteiger partial charge in [-0.25, -0.2) is 0 Å². The summed E-state index contributed by atoms with van der Waals surface area (Å²) in [7, 11) is 0. The first-order valence-electron chi connectivity index (χ1n) is 7.99. The second kappa shape index (κ2) is 6.32. The Kier molecular flexibility index (Phi) is 4.21. The van der Waals surface area contributed by atoms with Crippen LogP contribution in [0.1, 0.15) is 25.3 Å². The molecule has 0 spiro atoms. The standard InChI is InChI=1S/C20H20N2O2/c1-12(2)18(19(21)23)16-9-10-17(22-20(16)24)15-8-7-13-5-3-4-6-14(13)11-15/h3-12,18H,1-2H3,(H2,21,23)(H,22,24). The van der Waals surface area contributed by atoms with Crippen molar-refractivity contribution in [2.45, 2.75) is 19.8 Å². The minimum Gasteiger partial charge on any atom is -0.369 e. The molecule has 0 radical (unpaired) electrons. The van der Waals surface area contributed by atoms with Crippen LogP contribution in [0.3, 0.4) is 0 Å². The number of hydrogen-bond acceptors (Lipinski definition) is 2. The zero-order valence-electron chi connectivity index (χ0n) is 13.7. The average molecular weight is 320 g/mol. The number of nitrogens with two attached hydrogens (primary N) is 1. The number of benzene rings is 2. The van der Waals surface area contributed by atoms with Crippen molar-refractivity contribution in [3.8, 4) is 11.3 Å². The SMILES string of the molecule is CC(C)C(C(N)=O)c1ccc(-c2ccc3ccccc3c2)[nH]c1=O. The van der Waals surface area contributed by atoms with Gasteiger partial charge in [0.1, 0.15) is 0 Å². The number of carbonyl (C=O) groups excluding carboxylic acids is 1. The van der Waals surface area contributed by atoms with Gasteiger partial charge in [-0.1, -0.05) is 56.3 Å². The Morgan fingerprint density at radius 3 is 2.33 bits per heavy atom. The summed E-state index contributed by atoms with van der Waals surface area (Å²) in [5, 5.41) is 2.26. The lowest BCUT2D eigenvalue weighted by Crippen LogP contribution is -2.30. The zero-order chi connectivity index (χ0) is 17.3. The number of aromatic amines is 1. The van der Waals surface area contributed by atoms with Crippen LogP contribution in [-0.4, -0.2) is 10.9 Å². The quantitative estimate of drug-likeness (QED) is 0.773. The summed E-state index contributed by atoms with van der Waals surface area (Å²) in [5.41, 5.74) is 7.26. The van der Waals surface area contributed by atoms with E-state index in [1.165, 1.54) is 0 Å². The van der Waals surface area contributed by atoms with Gasteiger partial charge in [0.2, 0.25) is 5.91 Å². The predicted molar refractivity (Wildman–Crippen MR) is 96.8 cm³/mol. The highest BCUT2D eigenvalue weighted by atomic mass is 16.1. The van der Waals surface area contributed by atoms with Crippen LogP contribution in [0.2, 0.25) is 0 Å². The minimum atomic E-state index is -0.584. The largest absolute Gasteiger partial charge is 0.369 e. The normalized spacial score (nSPS) is 12.5. The lowest BCUT2D eigenvalue weighted by molar-refractivity contribution is -0.120. The Hall–Kier alpha value is -2.88. The van der Waals surface area contributed by atoms with Gasteiger partial charge in [0.25, 0.3) is 5.56 Å². The Morgan fingerprint density at radius 2 is 1.71 bits per heavy atom. The molecular weight excluding hydrogens is 300 g/mol. The maximum atomic E-state index is 12.5. The summed E-state index contributed by atoms with van der Waals surface area (Å²) >= 11 is 0. The number of hydrogen-bond donors (Lipinski definition) is 2. The number of nitrogens with one attached hydrogen (secondary N) is 1. The van der Waals surface area contributed by atoms with Gasteiger partial charge in [-0.15, -0.1) is 0 Å². The number of rotatable bonds is 4. The van der Waals surface area contributed by atoms with Crippen LogP contribution < -0.4 is 11.3 Å². The molecular formula is C20H20N2O2. The average Bonchev–Trinajstić information content (AvgIpc) is 2.55. The molecule has 1 amide bonds. The Bertz CT molecular complexity index is 957. The third-order valence-corrected chi connectivity index (χ3v) is 4.31. The minimum absolute atomic E-state index is 0.0323. The molecule has 3 N–H and O–H groups in total. The molecule has 0 saturated heterocycles. The molecule has 3 rings (SSSR count). The Morgan fingerprint density at radius 1 is 1.00 bits per heavy atom. The summed E-state index contributed by atoms with van der Waals surface area (Å²) in [4.78, 5) is 27.0. The molecule has 2 aromatic carbocycles. The topological polar surface area (TPSA) is 76.0 Å². The highest BCUT2D eigenvalue weighted by Crippen LogP contribution is 2.25. The van der Waals surface area contributed by atoms with E-state index in [4.69, 9.17) is 5.73 Å². The van der Waals surface area contributed by atoms with E-state index in [9.17, 15) is 9.59 Å². The van der Waals surface area contributed by atoms with E-state index in [2.05, 4.69) is 4.98 Å². The number of aromatic nitrogens is 1. The van der Waals surface area contributed by atoms with Crippen molar-refractivity contribution in [2.24, 2.45) is 11.7 Å². The van der Waals surface area contributed by atoms with Gasteiger partial charge in [0.05, 0.1) is 5.92 Å². The van der Waals surface area contributed by atoms with Gasteiger partial charge in [-0.2, -0.15) is 0 Å². The van der Waals surface area contributed by atoms with E-state index in [0.29, 0.717) is 5.56 Å². The van der Waals surface area contributed by atoms with Gasteiger partial charge in [0, 0.05) is 11.3 Å². The van der Waals surface area contributed by atoms with Crippen molar-refractivity contribution >= 4 is 16.7 Å². The van der Waals surface area contributed by atoms with Crippen molar-refractivity contribution in [3.63, 3.8) is 0 Å². The number of amides is 1. The fourth-order valence-electron chi connectivity index (χ4n) is 3.10. The van der Waals surface area contributed by atoms with Crippen LogP contribution in [0.5, 0.6) is 0 Å². The molecule has 0 aliphatic carbocycles. The van der Waals surface area contributed by atoms with Crippen LogP contribution in [0.15, 0.2) is 59.4 Å². The van der Waals surface area contributed by atoms with Crippen molar-refractivity contribution in [2.75, 3.05) is 0 Å². The molecule has 0 aliphatic rings. The van der Waals surface area contributed by atoms with Crippen LogP contribution >= 0.6 is 0 Å². The molecule has 0 aliphatic heterocycles. The molecule has 1 unspecified atom stereocenters. The Labute approximate surface area is 140 Å². The fraction of sp³-hybridized carbons (Fsp3) is 0.200. The smallest absolute Gasteiger partial charge is 0.252 e.